The summed E-state index contributed by atoms with van der Waals surface area (Å²) in [6.07, 6.45) is 6.92. The van der Waals surface area contributed by atoms with E-state index in [9.17, 15) is 9.13 Å². The van der Waals surface area contributed by atoms with Gasteiger partial charge in [0, 0.05) is 67.9 Å². The Morgan fingerprint density at radius 1 is 0.449 bits per heavy atom. The van der Waals surface area contributed by atoms with Crippen LogP contribution in [0.2, 0.25) is 0 Å². The van der Waals surface area contributed by atoms with E-state index in [1.54, 1.807) is 30.9 Å². The van der Waals surface area contributed by atoms with Gasteiger partial charge in [0.2, 0.25) is 5.95 Å². The van der Waals surface area contributed by atoms with E-state index in [4.69, 9.17) is 0 Å². The first kappa shape index (κ1) is 30.8. The largest absolute Gasteiger partial charge is 0.314 e. The van der Waals surface area contributed by atoms with Gasteiger partial charge in [-0.25, -0.2) is 9.97 Å². The van der Waals surface area contributed by atoms with Crippen LogP contribution in [0.4, 0.5) is 0 Å². The van der Waals surface area contributed by atoms with Gasteiger partial charge in [0.25, 0.3) is 0 Å². The monoisotopic (exact) mass is 675 g/mol. The molecule has 0 radical (unpaired) electrons. The zero-order chi connectivity index (χ0) is 33.6. The molecule has 0 N–H and O–H groups in total. The zero-order valence-corrected chi connectivity index (χ0v) is 28.7. The van der Waals surface area contributed by atoms with Gasteiger partial charge in [-0.2, -0.15) is 0 Å². The van der Waals surface area contributed by atoms with Crippen LogP contribution in [0.3, 0.4) is 0 Å². The lowest BCUT2D eigenvalue weighted by Gasteiger charge is -2.16. The fourth-order valence-electron chi connectivity index (χ4n) is 6.37. The highest BCUT2D eigenvalue weighted by Gasteiger charge is 2.27. The Balaban J connectivity index is 1.28. The summed E-state index contributed by atoms with van der Waals surface area (Å²) in [5.74, 6) is 0.475. The molecular formula is C40H31N5O2P2. The number of hydrogen-bond donors (Lipinski definition) is 0. The molecule has 0 saturated carbocycles. The molecule has 49 heavy (non-hydrogen) atoms. The molecule has 4 aromatic carbocycles. The van der Waals surface area contributed by atoms with Crippen molar-refractivity contribution in [2.75, 3.05) is 13.3 Å². The third-order valence-corrected chi connectivity index (χ3v) is 14.1. The first-order valence-electron chi connectivity index (χ1n) is 15.9. The maximum Gasteiger partial charge on any atom is 0.234 e. The average molecular weight is 676 g/mol. The van der Waals surface area contributed by atoms with E-state index in [0.29, 0.717) is 16.6 Å². The Labute approximate surface area is 284 Å². The molecule has 0 spiro atoms. The highest BCUT2D eigenvalue weighted by atomic mass is 31.2. The summed E-state index contributed by atoms with van der Waals surface area (Å²) in [7, 11) is -6.08. The van der Waals surface area contributed by atoms with E-state index < -0.39 is 14.3 Å². The SMILES string of the molecule is CP(=O)(c1cccc(-c2ccccn2)c1)c1ccc2c3ccc(P(C)(=O)c4cccc(-c5ccccn5)c4)cc3n(-c3ncccn3)c2c1. The Morgan fingerprint density at radius 3 is 1.35 bits per heavy atom. The predicted octanol–water partition coefficient (Wildman–Crippen LogP) is 7.59. The molecule has 0 fully saturated rings. The third kappa shape index (κ3) is 5.51. The highest BCUT2D eigenvalue weighted by molar-refractivity contribution is 7.78. The summed E-state index contributed by atoms with van der Waals surface area (Å²) in [5, 5.41) is 4.84. The van der Waals surface area contributed by atoms with Crippen LogP contribution in [0.5, 0.6) is 0 Å². The van der Waals surface area contributed by atoms with Crippen molar-refractivity contribution in [2.24, 2.45) is 0 Å². The number of pyridine rings is 2. The normalized spacial score (nSPS) is 14.0. The van der Waals surface area contributed by atoms with E-state index in [1.807, 2.05) is 139 Å². The van der Waals surface area contributed by atoms with Crippen molar-refractivity contribution in [3.63, 3.8) is 0 Å². The first-order chi connectivity index (χ1) is 23.8. The van der Waals surface area contributed by atoms with Gasteiger partial charge < -0.3 is 9.13 Å². The average Bonchev–Trinajstić information content (AvgIpc) is 3.49. The lowest BCUT2D eigenvalue weighted by Crippen LogP contribution is -2.16. The lowest BCUT2D eigenvalue weighted by molar-refractivity contribution is 0.589. The summed E-state index contributed by atoms with van der Waals surface area (Å²) >= 11 is 0. The molecular weight excluding hydrogens is 644 g/mol. The van der Waals surface area contributed by atoms with E-state index in [1.165, 1.54) is 0 Å². The summed E-state index contributed by atoms with van der Waals surface area (Å²) in [6, 6.07) is 40.9. The highest BCUT2D eigenvalue weighted by Crippen LogP contribution is 2.44. The van der Waals surface area contributed by atoms with E-state index >= 15 is 0 Å². The molecule has 0 bridgehead atoms. The summed E-state index contributed by atoms with van der Waals surface area (Å²) < 4.78 is 31.3. The van der Waals surface area contributed by atoms with Gasteiger partial charge in [-0.15, -0.1) is 0 Å². The molecule has 8 aromatic rings. The van der Waals surface area contributed by atoms with Gasteiger partial charge in [0.15, 0.2) is 0 Å². The number of nitrogens with zero attached hydrogens (tertiary/aromatic N) is 5. The fraction of sp³-hybridized carbons (Fsp3) is 0.0500. The second-order valence-electron chi connectivity index (χ2n) is 12.2. The molecule has 4 heterocycles. The maximum atomic E-state index is 14.7. The van der Waals surface area contributed by atoms with Crippen LogP contribution in [0.15, 0.2) is 152 Å². The standard InChI is InChI=1S/C40H31N5O2P2/c1-48(46,30-12-7-10-28(24-30)36-14-3-5-20-41-36)32-16-18-34-35-19-17-33(27-39(35)45(38(34)26-32)40-43-22-9-23-44-40)49(2,47)31-13-8-11-29(25-31)37-15-4-6-21-42-37/h3-27H,1-2H3. The number of fused-ring (bicyclic) bond motifs is 3. The van der Waals surface area contributed by atoms with E-state index in [0.717, 1.165) is 54.9 Å². The van der Waals surface area contributed by atoms with Crippen LogP contribution in [-0.2, 0) is 9.13 Å². The summed E-state index contributed by atoms with van der Waals surface area (Å²) in [5.41, 5.74) is 5.12. The molecule has 0 saturated heterocycles. The zero-order valence-electron chi connectivity index (χ0n) is 26.9. The van der Waals surface area contributed by atoms with Crippen LogP contribution in [0.25, 0.3) is 50.3 Å². The number of aromatic nitrogens is 5. The van der Waals surface area contributed by atoms with Crippen LogP contribution >= 0.6 is 14.3 Å². The number of rotatable bonds is 7. The minimum atomic E-state index is -3.04. The van der Waals surface area contributed by atoms with Gasteiger partial charge >= 0.3 is 0 Å². The van der Waals surface area contributed by atoms with Gasteiger partial charge in [0.05, 0.1) is 22.4 Å². The molecule has 7 nitrogen and oxygen atoms in total. The molecule has 4 aromatic heterocycles. The quantitative estimate of drug-likeness (QED) is 0.162. The smallest absolute Gasteiger partial charge is 0.234 e. The second kappa shape index (κ2) is 12.2. The van der Waals surface area contributed by atoms with Crippen LogP contribution in [0, 0.1) is 0 Å². The van der Waals surface area contributed by atoms with E-state index in [2.05, 4.69) is 19.9 Å². The van der Waals surface area contributed by atoms with Crippen molar-refractivity contribution >= 4 is 57.3 Å². The van der Waals surface area contributed by atoms with Crippen molar-refractivity contribution in [2.45, 2.75) is 0 Å². The predicted molar refractivity (Wildman–Crippen MR) is 201 cm³/mol. The molecule has 0 aliphatic heterocycles. The summed E-state index contributed by atoms with van der Waals surface area (Å²) in [6.45, 7) is 3.62. The van der Waals surface area contributed by atoms with Gasteiger partial charge in [0.1, 0.15) is 14.3 Å². The number of hydrogen-bond acceptors (Lipinski definition) is 6. The summed E-state index contributed by atoms with van der Waals surface area (Å²) in [4.78, 5) is 18.2. The maximum absolute atomic E-state index is 14.7. The molecule has 238 valence electrons. The molecule has 2 atom stereocenters. The van der Waals surface area contributed by atoms with Gasteiger partial charge in [-0.3, -0.25) is 14.5 Å². The minimum Gasteiger partial charge on any atom is -0.314 e. The first-order valence-corrected chi connectivity index (χ1v) is 20.2. The fourth-order valence-corrected chi connectivity index (χ4v) is 9.94. The topological polar surface area (TPSA) is 90.6 Å². The molecule has 8 rings (SSSR count). The molecule has 0 amide bonds. The molecule has 2 unspecified atom stereocenters. The molecule has 0 aliphatic rings. The van der Waals surface area contributed by atoms with Crippen molar-refractivity contribution in [3.8, 4) is 28.5 Å². The minimum absolute atomic E-state index is 0.475. The van der Waals surface area contributed by atoms with Crippen molar-refractivity contribution in [3.05, 3.63) is 152 Å². The number of benzene rings is 4. The van der Waals surface area contributed by atoms with Crippen LogP contribution in [0.1, 0.15) is 0 Å². The Bertz CT molecular complexity index is 2430. The van der Waals surface area contributed by atoms with Gasteiger partial charge in [-0.05, 0) is 67.9 Å². The second-order valence-corrected chi connectivity index (χ2v) is 17.9. The van der Waals surface area contributed by atoms with Crippen molar-refractivity contribution in [1.29, 1.82) is 0 Å². The molecule has 9 heteroatoms. The lowest BCUT2D eigenvalue weighted by atomic mass is 10.1. The van der Waals surface area contributed by atoms with Gasteiger partial charge in [-0.1, -0.05) is 72.8 Å². The third-order valence-electron chi connectivity index (χ3n) is 9.07. The van der Waals surface area contributed by atoms with Crippen molar-refractivity contribution < 1.29 is 9.13 Å². The van der Waals surface area contributed by atoms with Crippen LogP contribution < -0.4 is 21.2 Å². The Kier molecular flexibility index (Phi) is 7.67. The van der Waals surface area contributed by atoms with E-state index in [-0.39, 0.29) is 0 Å². The molecule has 0 aliphatic carbocycles. The Hall–Kier alpha value is -5.48. The Morgan fingerprint density at radius 2 is 0.898 bits per heavy atom. The van der Waals surface area contributed by atoms with Crippen LogP contribution in [-0.4, -0.2) is 37.8 Å². The van der Waals surface area contributed by atoms with Crippen molar-refractivity contribution in [1.82, 2.24) is 24.5 Å².